The van der Waals surface area contributed by atoms with Gasteiger partial charge >= 0.3 is 6.03 Å². The lowest BCUT2D eigenvalue weighted by molar-refractivity contribution is 0.218. The first kappa shape index (κ1) is 12.8. The van der Waals surface area contributed by atoms with Crippen LogP contribution in [0, 0.1) is 0 Å². The third-order valence-electron chi connectivity index (χ3n) is 3.05. The van der Waals surface area contributed by atoms with Gasteiger partial charge < -0.3 is 20.9 Å². The van der Waals surface area contributed by atoms with E-state index in [1.54, 1.807) is 17.0 Å². The summed E-state index contributed by atoms with van der Waals surface area (Å²) in [6.45, 7) is 2.88. The molecule has 0 unspecified atom stereocenters. The largest absolute Gasteiger partial charge is 0.397 e. The van der Waals surface area contributed by atoms with Crippen LogP contribution in [0.1, 0.15) is 0 Å². The van der Waals surface area contributed by atoms with E-state index in [2.05, 4.69) is 5.32 Å². The number of rotatable bonds is 4. The van der Waals surface area contributed by atoms with Crippen LogP contribution in [-0.2, 0) is 0 Å². The van der Waals surface area contributed by atoms with Crippen LogP contribution in [-0.4, -0.2) is 44.2 Å². The maximum Gasteiger partial charge on any atom is 0.317 e. The van der Waals surface area contributed by atoms with Crippen LogP contribution < -0.4 is 16.0 Å². The number of nitrogen functional groups attached to an aromatic ring is 1. The van der Waals surface area contributed by atoms with Crippen LogP contribution in [0.2, 0.25) is 5.02 Å². The molecule has 6 heteroatoms. The predicted molar refractivity (Wildman–Crippen MR) is 74.1 cm³/mol. The Kier molecular flexibility index (Phi) is 3.81. The minimum Gasteiger partial charge on any atom is -0.397 e. The van der Waals surface area contributed by atoms with E-state index < -0.39 is 0 Å². The second-order valence-corrected chi connectivity index (χ2v) is 4.78. The maximum absolute atomic E-state index is 11.4. The van der Waals surface area contributed by atoms with Gasteiger partial charge in [0.1, 0.15) is 0 Å². The smallest absolute Gasteiger partial charge is 0.317 e. The number of urea groups is 1. The summed E-state index contributed by atoms with van der Waals surface area (Å²) in [7, 11) is 1.94. The average molecular weight is 269 g/mol. The summed E-state index contributed by atoms with van der Waals surface area (Å²) in [6, 6.07) is 5.39. The molecule has 3 N–H and O–H groups in total. The van der Waals surface area contributed by atoms with Gasteiger partial charge in [0.25, 0.3) is 0 Å². The average Bonchev–Trinajstić information content (AvgIpc) is 2.75. The minimum absolute atomic E-state index is 0.00228. The van der Waals surface area contributed by atoms with E-state index in [0.29, 0.717) is 17.3 Å². The Morgan fingerprint density at radius 2 is 2.33 bits per heavy atom. The van der Waals surface area contributed by atoms with E-state index in [-0.39, 0.29) is 6.03 Å². The summed E-state index contributed by atoms with van der Waals surface area (Å²) in [4.78, 5) is 15.2. The van der Waals surface area contributed by atoms with Gasteiger partial charge in [0.2, 0.25) is 0 Å². The Morgan fingerprint density at radius 3 is 3.00 bits per heavy atom. The highest BCUT2D eigenvalue weighted by Crippen LogP contribution is 2.25. The topological polar surface area (TPSA) is 61.6 Å². The number of nitrogens with two attached hydrogens (primary N) is 1. The number of hydrogen-bond donors (Lipinski definition) is 2. The van der Waals surface area contributed by atoms with E-state index in [9.17, 15) is 4.79 Å². The predicted octanol–water partition coefficient (Wildman–Crippen LogP) is 1.38. The number of amides is 2. The van der Waals surface area contributed by atoms with Crippen LogP contribution in [0.3, 0.4) is 0 Å². The Hall–Kier alpha value is -1.62. The van der Waals surface area contributed by atoms with Crippen molar-refractivity contribution in [2.75, 3.05) is 43.9 Å². The zero-order chi connectivity index (χ0) is 13.1. The molecule has 1 aliphatic rings. The van der Waals surface area contributed by atoms with Crippen molar-refractivity contribution < 1.29 is 4.79 Å². The van der Waals surface area contributed by atoms with Gasteiger partial charge in [-0.05, 0) is 18.2 Å². The SMILES string of the molecule is CN(CCN1CCNC1=O)c1cc(Cl)ccc1N. The Morgan fingerprint density at radius 1 is 1.56 bits per heavy atom. The number of halogens is 1. The van der Waals surface area contributed by atoms with Crippen LogP contribution in [0.25, 0.3) is 0 Å². The summed E-state index contributed by atoms with van der Waals surface area (Å²) < 4.78 is 0. The first-order valence-corrected chi connectivity index (χ1v) is 6.24. The monoisotopic (exact) mass is 268 g/mol. The molecule has 0 radical (unpaired) electrons. The zero-order valence-corrected chi connectivity index (χ0v) is 11.1. The molecular formula is C12H17ClN4O. The molecule has 1 aromatic rings. The van der Waals surface area contributed by atoms with Gasteiger partial charge in [-0.1, -0.05) is 11.6 Å². The molecule has 0 bridgehead atoms. The second kappa shape index (κ2) is 5.35. The number of nitrogens with zero attached hydrogens (tertiary/aromatic N) is 2. The lowest BCUT2D eigenvalue weighted by atomic mass is 10.2. The van der Waals surface area contributed by atoms with Crippen molar-refractivity contribution in [3.8, 4) is 0 Å². The molecule has 18 heavy (non-hydrogen) atoms. The van der Waals surface area contributed by atoms with Crippen molar-refractivity contribution in [2.24, 2.45) is 0 Å². The van der Waals surface area contributed by atoms with Crippen molar-refractivity contribution in [2.45, 2.75) is 0 Å². The Balaban J connectivity index is 1.96. The summed E-state index contributed by atoms with van der Waals surface area (Å²) in [5, 5.41) is 3.43. The molecule has 2 rings (SSSR count). The van der Waals surface area contributed by atoms with Crippen molar-refractivity contribution in [3.05, 3.63) is 23.2 Å². The Labute approximate surface area is 111 Å². The van der Waals surface area contributed by atoms with Crippen molar-refractivity contribution >= 4 is 29.0 Å². The van der Waals surface area contributed by atoms with Gasteiger partial charge in [-0.25, -0.2) is 4.79 Å². The molecule has 1 fully saturated rings. The van der Waals surface area contributed by atoms with Crippen molar-refractivity contribution in [3.63, 3.8) is 0 Å². The highest BCUT2D eigenvalue weighted by molar-refractivity contribution is 6.31. The quantitative estimate of drug-likeness (QED) is 0.811. The molecule has 1 aromatic carbocycles. The lowest BCUT2D eigenvalue weighted by Gasteiger charge is -2.24. The number of anilines is 2. The van der Waals surface area contributed by atoms with E-state index in [4.69, 9.17) is 17.3 Å². The number of hydrogen-bond acceptors (Lipinski definition) is 3. The highest BCUT2D eigenvalue weighted by atomic mass is 35.5. The molecule has 0 atom stereocenters. The molecule has 98 valence electrons. The van der Waals surface area contributed by atoms with Gasteiger partial charge in [0, 0.05) is 38.2 Å². The normalized spacial score (nSPS) is 14.8. The van der Waals surface area contributed by atoms with E-state index >= 15 is 0 Å². The van der Waals surface area contributed by atoms with Gasteiger partial charge in [-0.3, -0.25) is 0 Å². The summed E-state index contributed by atoms with van der Waals surface area (Å²) in [5.41, 5.74) is 7.49. The fraction of sp³-hybridized carbons (Fsp3) is 0.417. The summed E-state index contributed by atoms with van der Waals surface area (Å²) >= 11 is 5.95. The van der Waals surface area contributed by atoms with Gasteiger partial charge in [0.05, 0.1) is 11.4 Å². The standard InChI is InChI=1S/C12H17ClN4O/c1-16(6-7-17-5-4-15-12(17)18)11-8-9(13)2-3-10(11)14/h2-3,8H,4-7,14H2,1H3,(H,15,18). The number of benzene rings is 1. The van der Waals surface area contributed by atoms with E-state index in [1.165, 1.54) is 0 Å². The first-order chi connectivity index (χ1) is 8.58. The summed E-state index contributed by atoms with van der Waals surface area (Å²) in [6.07, 6.45) is 0. The van der Waals surface area contributed by atoms with Gasteiger partial charge in [0.15, 0.2) is 0 Å². The number of carbonyl (C=O) groups is 1. The van der Waals surface area contributed by atoms with Gasteiger partial charge in [-0.2, -0.15) is 0 Å². The third-order valence-corrected chi connectivity index (χ3v) is 3.29. The molecule has 0 aromatic heterocycles. The molecule has 1 aliphatic heterocycles. The Bertz CT molecular complexity index is 452. The summed E-state index contributed by atoms with van der Waals surface area (Å²) in [5.74, 6) is 0. The first-order valence-electron chi connectivity index (χ1n) is 5.87. The molecule has 1 saturated heterocycles. The van der Waals surface area contributed by atoms with E-state index in [0.717, 1.165) is 25.3 Å². The van der Waals surface area contributed by atoms with Crippen LogP contribution >= 0.6 is 11.6 Å². The molecular weight excluding hydrogens is 252 g/mol. The second-order valence-electron chi connectivity index (χ2n) is 4.34. The molecule has 0 aliphatic carbocycles. The lowest BCUT2D eigenvalue weighted by Crippen LogP contribution is -2.35. The molecule has 0 saturated carbocycles. The number of likely N-dealkylation sites (N-methyl/N-ethyl adjacent to an activating group) is 1. The maximum atomic E-state index is 11.4. The highest BCUT2D eigenvalue weighted by Gasteiger charge is 2.19. The van der Waals surface area contributed by atoms with Crippen LogP contribution in [0.4, 0.5) is 16.2 Å². The molecule has 5 nitrogen and oxygen atoms in total. The third kappa shape index (κ3) is 2.79. The molecule has 2 amide bonds. The fourth-order valence-electron chi connectivity index (χ4n) is 1.96. The van der Waals surface area contributed by atoms with Gasteiger partial charge in [-0.15, -0.1) is 0 Å². The number of nitrogens with one attached hydrogen (secondary N) is 1. The van der Waals surface area contributed by atoms with Crippen LogP contribution in [0.5, 0.6) is 0 Å². The number of carbonyl (C=O) groups excluding carboxylic acids is 1. The minimum atomic E-state index is 0.00228. The molecule has 0 spiro atoms. The zero-order valence-electron chi connectivity index (χ0n) is 10.3. The fourth-order valence-corrected chi connectivity index (χ4v) is 2.13. The van der Waals surface area contributed by atoms with Crippen molar-refractivity contribution in [1.82, 2.24) is 10.2 Å². The van der Waals surface area contributed by atoms with Crippen molar-refractivity contribution in [1.29, 1.82) is 0 Å². The van der Waals surface area contributed by atoms with E-state index in [1.807, 2.05) is 18.0 Å². The van der Waals surface area contributed by atoms with Crippen LogP contribution in [0.15, 0.2) is 18.2 Å². The molecule has 1 heterocycles.